The number of nitrogens with two attached hydrogens (primary N) is 2. The summed E-state index contributed by atoms with van der Waals surface area (Å²) in [5, 5.41) is -0.598. The number of hydrogen-bond acceptors (Lipinski definition) is 3. The summed E-state index contributed by atoms with van der Waals surface area (Å²) in [6, 6.07) is 0.462. The number of primary amides is 1. The molecule has 0 bridgehead atoms. The molecule has 0 aliphatic carbocycles. The third kappa shape index (κ3) is 2.30. The number of alkyl halides is 3. The van der Waals surface area contributed by atoms with Gasteiger partial charge in [0.15, 0.2) is 5.15 Å². The highest BCUT2D eigenvalue weighted by molar-refractivity contribution is 6.32. The molecule has 0 atom stereocenters. The maximum Gasteiger partial charge on any atom is 0.433 e. The zero-order valence-electron chi connectivity index (χ0n) is 7.10. The van der Waals surface area contributed by atoms with Crippen LogP contribution in [0.25, 0.3) is 0 Å². The molecule has 0 aliphatic heterocycles. The number of rotatable bonds is 1. The molecular formula is C7H5ClF3N3O. The molecule has 0 aliphatic rings. The highest BCUT2D eigenvalue weighted by atomic mass is 35.5. The first-order valence-corrected chi connectivity index (χ1v) is 3.94. The molecule has 0 saturated heterocycles. The normalized spacial score (nSPS) is 11.5. The van der Waals surface area contributed by atoms with E-state index in [0.717, 1.165) is 0 Å². The van der Waals surface area contributed by atoms with Crippen LogP contribution in [0.5, 0.6) is 0 Å². The zero-order chi connectivity index (χ0) is 11.8. The van der Waals surface area contributed by atoms with Crippen molar-refractivity contribution >= 4 is 23.2 Å². The molecule has 0 spiro atoms. The number of pyridine rings is 1. The van der Waals surface area contributed by atoms with E-state index < -0.39 is 28.5 Å². The molecule has 0 fully saturated rings. The van der Waals surface area contributed by atoms with E-state index in [2.05, 4.69) is 4.98 Å². The molecule has 1 aromatic rings. The predicted octanol–water partition coefficient (Wildman–Crippen LogP) is 1.43. The topological polar surface area (TPSA) is 82.0 Å². The van der Waals surface area contributed by atoms with Crippen LogP contribution in [-0.2, 0) is 6.18 Å². The monoisotopic (exact) mass is 239 g/mol. The molecule has 0 saturated carbocycles. The number of carbonyl (C=O) groups excluding carboxylic acids is 1. The fourth-order valence-electron chi connectivity index (χ4n) is 0.873. The van der Waals surface area contributed by atoms with Gasteiger partial charge in [-0.15, -0.1) is 0 Å². The minimum absolute atomic E-state index is 0.364. The Bertz CT molecular complexity index is 419. The second kappa shape index (κ2) is 3.58. The predicted molar refractivity (Wildman–Crippen MR) is 47.2 cm³/mol. The molecule has 1 heterocycles. The van der Waals surface area contributed by atoms with Crippen LogP contribution in [-0.4, -0.2) is 10.9 Å². The molecule has 0 unspecified atom stereocenters. The Kier molecular flexibility index (Phi) is 2.76. The van der Waals surface area contributed by atoms with E-state index >= 15 is 0 Å². The molecule has 82 valence electrons. The number of nitrogens with zero attached hydrogens (tertiary/aromatic N) is 1. The summed E-state index contributed by atoms with van der Waals surface area (Å²) < 4.78 is 36.7. The van der Waals surface area contributed by atoms with Crippen LogP contribution in [0.2, 0.25) is 5.15 Å². The molecule has 4 nitrogen and oxygen atoms in total. The first-order valence-electron chi connectivity index (χ1n) is 3.56. The van der Waals surface area contributed by atoms with Crippen LogP contribution in [0, 0.1) is 0 Å². The smallest absolute Gasteiger partial charge is 0.396 e. The van der Waals surface area contributed by atoms with Crippen molar-refractivity contribution < 1.29 is 18.0 Å². The van der Waals surface area contributed by atoms with Gasteiger partial charge in [-0.25, -0.2) is 4.98 Å². The summed E-state index contributed by atoms with van der Waals surface area (Å²) in [4.78, 5) is 13.7. The number of anilines is 1. The molecule has 1 rings (SSSR count). The zero-order valence-corrected chi connectivity index (χ0v) is 7.86. The summed E-state index contributed by atoms with van der Waals surface area (Å²) in [6.45, 7) is 0. The molecule has 1 aromatic heterocycles. The van der Waals surface area contributed by atoms with Gasteiger partial charge in [0.25, 0.3) is 5.91 Å². The average Bonchev–Trinajstić information content (AvgIpc) is 2.06. The van der Waals surface area contributed by atoms with Gasteiger partial charge in [-0.2, -0.15) is 13.2 Å². The fraction of sp³-hybridized carbons (Fsp3) is 0.143. The van der Waals surface area contributed by atoms with Gasteiger partial charge in [0.1, 0.15) is 5.69 Å². The number of hydrogen-bond donors (Lipinski definition) is 2. The second-order valence-corrected chi connectivity index (χ2v) is 2.98. The first kappa shape index (κ1) is 11.6. The number of carbonyl (C=O) groups is 1. The van der Waals surface area contributed by atoms with Crippen molar-refractivity contribution in [2.45, 2.75) is 6.18 Å². The van der Waals surface area contributed by atoms with Gasteiger partial charge in [-0.05, 0) is 6.07 Å². The number of aromatic nitrogens is 1. The quantitative estimate of drug-likeness (QED) is 0.728. The Morgan fingerprint density at radius 2 is 2.00 bits per heavy atom. The van der Waals surface area contributed by atoms with Crippen molar-refractivity contribution in [2.24, 2.45) is 5.73 Å². The molecule has 1 amide bonds. The average molecular weight is 240 g/mol. The van der Waals surface area contributed by atoms with Crippen molar-refractivity contribution in [3.63, 3.8) is 0 Å². The molecule has 0 aromatic carbocycles. The summed E-state index contributed by atoms with van der Waals surface area (Å²) >= 11 is 5.33. The Morgan fingerprint density at radius 3 is 2.40 bits per heavy atom. The Morgan fingerprint density at radius 1 is 1.47 bits per heavy atom. The highest BCUT2D eigenvalue weighted by Crippen LogP contribution is 2.32. The van der Waals surface area contributed by atoms with Gasteiger partial charge >= 0.3 is 6.18 Å². The van der Waals surface area contributed by atoms with Crippen LogP contribution in [0.1, 0.15) is 16.1 Å². The van der Waals surface area contributed by atoms with Crippen molar-refractivity contribution in [1.29, 1.82) is 0 Å². The van der Waals surface area contributed by atoms with Crippen molar-refractivity contribution in [2.75, 3.05) is 5.73 Å². The SMILES string of the molecule is NC(=O)c1cc(C(F)(F)F)nc(Cl)c1N. The largest absolute Gasteiger partial charge is 0.433 e. The molecule has 0 radical (unpaired) electrons. The maximum absolute atomic E-state index is 12.2. The summed E-state index contributed by atoms with van der Waals surface area (Å²) in [7, 11) is 0. The summed E-state index contributed by atoms with van der Waals surface area (Å²) in [5.41, 5.74) is 7.88. The standard InChI is InChI=1S/C7H5ClF3N3O/c8-5-4(12)2(6(13)15)1-3(14-5)7(9,10)11/h1H,12H2,(H2,13,15). The van der Waals surface area contributed by atoms with Crippen LogP contribution in [0.3, 0.4) is 0 Å². The Labute approximate surface area is 87.0 Å². The molecular weight excluding hydrogens is 235 g/mol. The van der Waals surface area contributed by atoms with E-state index in [1.165, 1.54) is 0 Å². The van der Waals surface area contributed by atoms with Crippen LogP contribution in [0.15, 0.2) is 6.07 Å². The Balaban J connectivity index is 3.43. The number of amides is 1. The van der Waals surface area contributed by atoms with Gasteiger partial charge in [-0.3, -0.25) is 4.79 Å². The second-order valence-electron chi connectivity index (χ2n) is 2.62. The van der Waals surface area contributed by atoms with E-state index in [1.807, 2.05) is 0 Å². The maximum atomic E-state index is 12.2. The van der Waals surface area contributed by atoms with Crippen molar-refractivity contribution in [3.8, 4) is 0 Å². The van der Waals surface area contributed by atoms with Crippen LogP contribution >= 0.6 is 11.6 Å². The molecule has 4 N–H and O–H groups in total. The van der Waals surface area contributed by atoms with Gasteiger partial charge in [0, 0.05) is 0 Å². The summed E-state index contributed by atoms with van der Waals surface area (Å²) in [6.07, 6.45) is -4.71. The van der Waals surface area contributed by atoms with E-state index in [1.54, 1.807) is 0 Å². The van der Waals surface area contributed by atoms with Gasteiger partial charge < -0.3 is 11.5 Å². The minimum Gasteiger partial charge on any atom is -0.396 e. The lowest BCUT2D eigenvalue weighted by Crippen LogP contribution is -2.17. The lowest BCUT2D eigenvalue weighted by atomic mass is 10.2. The summed E-state index contributed by atoms with van der Waals surface area (Å²) in [5.74, 6) is -1.10. The number of halogens is 4. The third-order valence-electron chi connectivity index (χ3n) is 1.57. The van der Waals surface area contributed by atoms with E-state index in [-0.39, 0.29) is 5.69 Å². The van der Waals surface area contributed by atoms with Crippen LogP contribution in [0.4, 0.5) is 18.9 Å². The van der Waals surface area contributed by atoms with E-state index in [4.69, 9.17) is 23.1 Å². The lowest BCUT2D eigenvalue weighted by molar-refractivity contribution is -0.141. The van der Waals surface area contributed by atoms with Gasteiger partial charge in [0.05, 0.1) is 11.3 Å². The molecule has 8 heteroatoms. The first-order chi connectivity index (χ1) is 6.73. The lowest BCUT2D eigenvalue weighted by Gasteiger charge is -2.09. The Hall–Kier alpha value is -1.50. The number of nitrogen functional groups attached to an aromatic ring is 1. The third-order valence-corrected chi connectivity index (χ3v) is 1.86. The minimum atomic E-state index is -4.71. The molecule has 15 heavy (non-hydrogen) atoms. The van der Waals surface area contributed by atoms with E-state index in [9.17, 15) is 18.0 Å². The van der Waals surface area contributed by atoms with Gasteiger partial charge in [0.2, 0.25) is 0 Å². The highest BCUT2D eigenvalue weighted by Gasteiger charge is 2.34. The fourth-order valence-corrected chi connectivity index (χ4v) is 1.07. The van der Waals surface area contributed by atoms with E-state index in [0.29, 0.717) is 6.07 Å². The van der Waals surface area contributed by atoms with Crippen molar-refractivity contribution in [1.82, 2.24) is 4.98 Å². The van der Waals surface area contributed by atoms with Crippen LogP contribution < -0.4 is 11.5 Å². The van der Waals surface area contributed by atoms with Gasteiger partial charge in [-0.1, -0.05) is 11.6 Å². The van der Waals surface area contributed by atoms with Crippen molar-refractivity contribution in [3.05, 3.63) is 22.5 Å².